The van der Waals surface area contributed by atoms with Gasteiger partial charge in [0.25, 0.3) is 0 Å². The Kier molecular flexibility index (Phi) is 12.0. The summed E-state index contributed by atoms with van der Waals surface area (Å²) in [5, 5.41) is 4.32. The molecular formula is C26H34Cl3N3O4S. The van der Waals surface area contributed by atoms with Crippen LogP contribution in [0.25, 0.3) is 0 Å². The van der Waals surface area contributed by atoms with E-state index >= 15 is 0 Å². The molecule has 0 aliphatic rings. The Morgan fingerprint density at radius 2 is 1.59 bits per heavy atom. The van der Waals surface area contributed by atoms with Crippen LogP contribution in [-0.4, -0.2) is 50.0 Å². The first-order chi connectivity index (χ1) is 17.4. The molecule has 7 nitrogen and oxygen atoms in total. The van der Waals surface area contributed by atoms with Gasteiger partial charge >= 0.3 is 0 Å². The van der Waals surface area contributed by atoms with Crippen molar-refractivity contribution in [2.75, 3.05) is 17.1 Å². The number of amides is 2. The van der Waals surface area contributed by atoms with Crippen molar-refractivity contribution in [1.29, 1.82) is 0 Å². The van der Waals surface area contributed by atoms with E-state index in [1.165, 1.54) is 9.21 Å². The fraction of sp³-hybridized carbons (Fsp3) is 0.462. The Hall–Kier alpha value is -2.00. The van der Waals surface area contributed by atoms with Crippen LogP contribution in [0.15, 0.2) is 42.5 Å². The Morgan fingerprint density at radius 1 is 0.973 bits per heavy atom. The molecule has 0 heterocycles. The molecule has 2 atom stereocenters. The minimum absolute atomic E-state index is 0.0396. The third-order valence-electron chi connectivity index (χ3n) is 6.01. The monoisotopic (exact) mass is 589 g/mol. The summed E-state index contributed by atoms with van der Waals surface area (Å²) >= 11 is 18.4. The summed E-state index contributed by atoms with van der Waals surface area (Å²) in [6.45, 7) is 5.93. The predicted octanol–water partition coefficient (Wildman–Crippen LogP) is 5.92. The number of hydrogen-bond acceptors (Lipinski definition) is 4. The lowest BCUT2D eigenvalue weighted by Gasteiger charge is -2.32. The smallest absolute Gasteiger partial charge is 0.243 e. The molecule has 1 N–H and O–H groups in total. The molecule has 2 rings (SSSR count). The second-order valence-corrected chi connectivity index (χ2v) is 12.1. The molecule has 0 aliphatic carbocycles. The highest BCUT2D eigenvalue weighted by Crippen LogP contribution is 2.25. The highest BCUT2D eigenvalue weighted by Gasteiger charge is 2.30. The number of carbonyl (C=O) groups is 2. The maximum atomic E-state index is 13.5. The standard InChI is InChI=1S/C26H34Cl3N3O4S/c1-5-18(3)30-26(34)24(6-2)31(17-19-9-10-21(28)16-23(19)29)25(33)8-7-15-32(37(4,35)36)22-13-11-20(27)12-14-22/h9-14,16,18,24H,5-8,15,17H2,1-4H3,(H,30,34)/t18-,24+/m0/s1. The molecule has 0 saturated carbocycles. The topological polar surface area (TPSA) is 86.8 Å². The van der Waals surface area contributed by atoms with Crippen LogP contribution in [0.2, 0.25) is 15.1 Å². The summed E-state index contributed by atoms with van der Waals surface area (Å²) in [5.41, 5.74) is 1.12. The zero-order valence-electron chi connectivity index (χ0n) is 21.5. The molecule has 2 amide bonds. The summed E-state index contributed by atoms with van der Waals surface area (Å²) in [7, 11) is -3.59. The van der Waals surface area contributed by atoms with Crippen LogP contribution < -0.4 is 9.62 Å². The van der Waals surface area contributed by atoms with Crippen molar-refractivity contribution in [3.8, 4) is 0 Å². The zero-order chi connectivity index (χ0) is 27.8. The van der Waals surface area contributed by atoms with E-state index < -0.39 is 16.1 Å². The highest BCUT2D eigenvalue weighted by molar-refractivity contribution is 7.92. The van der Waals surface area contributed by atoms with Crippen LogP contribution in [0, 0.1) is 0 Å². The Balaban J connectivity index is 2.25. The van der Waals surface area contributed by atoms with Gasteiger partial charge in [-0.15, -0.1) is 0 Å². The fourth-order valence-corrected chi connectivity index (χ4v) is 5.36. The van der Waals surface area contributed by atoms with Gasteiger partial charge in [-0.2, -0.15) is 0 Å². The van der Waals surface area contributed by atoms with Gasteiger partial charge in [0.15, 0.2) is 0 Å². The van der Waals surface area contributed by atoms with E-state index in [0.29, 0.717) is 32.7 Å². The van der Waals surface area contributed by atoms with Crippen LogP contribution in [-0.2, 0) is 26.2 Å². The molecular weight excluding hydrogens is 557 g/mol. The number of nitrogens with zero attached hydrogens (tertiary/aromatic N) is 2. The molecule has 0 unspecified atom stereocenters. The van der Waals surface area contributed by atoms with Gasteiger partial charge in [-0.05, 0) is 68.1 Å². The lowest BCUT2D eigenvalue weighted by molar-refractivity contribution is -0.141. The highest BCUT2D eigenvalue weighted by atomic mass is 35.5. The summed E-state index contributed by atoms with van der Waals surface area (Å²) in [4.78, 5) is 28.1. The van der Waals surface area contributed by atoms with E-state index in [9.17, 15) is 18.0 Å². The lowest BCUT2D eigenvalue weighted by Crippen LogP contribution is -2.50. The van der Waals surface area contributed by atoms with Gasteiger partial charge in [0.05, 0.1) is 11.9 Å². The van der Waals surface area contributed by atoms with Crippen molar-refractivity contribution < 1.29 is 18.0 Å². The normalized spacial score (nSPS) is 13.1. The van der Waals surface area contributed by atoms with Gasteiger partial charge in [-0.1, -0.05) is 54.7 Å². The average molecular weight is 591 g/mol. The van der Waals surface area contributed by atoms with E-state index in [0.717, 1.165) is 12.7 Å². The van der Waals surface area contributed by atoms with Crippen LogP contribution >= 0.6 is 34.8 Å². The third-order valence-corrected chi connectivity index (χ3v) is 8.04. The van der Waals surface area contributed by atoms with E-state index in [1.54, 1.807) is 42.5 Å². The number of nitrogens with one attached hydrogen (secondary N) is 1. The molecule has 0 radical (unpaired) electrons. The molecule has 11 heteroatoms. The van der Waals surface area contributed by atoms with Crippen LogP contribution in [0.3, 0.4) is 0 Å². The summed E-state index contributed by atoms with van der Waals surface area (Å²) in [5.74, 6) is -0.518. The Labute approximate surface area is 235 Å². The molecule has 0 saturated heterocycles. The van der Waals surface area contributed by atoms with Crippen molar-refractivity contribution in [3.05, 3.63) is 63.1 Å². The molecule has 2 aromatic rings. The molecule has 204 valence electrons. The van der Waals surface area contributed by atoms with E-state index in [2.05, 4.69) is 5.32 Å². The quantitative estimate of drug-likeness (QED) is 0.314. The molecule has 0 spiro atoms. The molecule has 0 bridgehead atoms. The van der Waals surface area contributed by atoms with Crippen LogP contribution in [0.4, 0.5) is 5.69 Å². The average Bonchev–Trinajstić information content (AvgIpc) is 2.82. The molecule has 0 aliphatic heterocycles. The van der Waals surface area contributed by atoms with Gasteiger partial charge in [0.2, 0.25) is 21.8 Å². The van der Waals surface area contributed by atoms with E-state index in [4.69, 9.17) is 34.8 Å². The fourth-order valence-electron chi connectivity index (χ4n) is 3.81. The number of halogens is 3. The van der Waals surface area contributed by atoms with Gasteiger partial charge in [-0.3, -0.25) is 13.9 Å². The van der Waals surface area contributed by atoms with Crippen molar-refractivity contribution in [2.24, 2.45) is 0 Å². The van der Waals surface area contributed by atoms with Crippen molar-refractivity contribution >= 4 is 62.3 Å². The van der Waals surface area contributed by atoms with Gasteiger partial charge in [0.1, 0.15) is 6.04 Å². The second kappa shape index (κ2) is 14.2. The first-order valence-corrected chi connectivity index (χ1v) is 15.1. The second-order valence-electron chi connectivity index (χ2n) is 8.91. The summed E-state index contributed by atoms with van der Waals surface area (Å²) < 4.78 is 26.1. The molecule has 0 fully saturated rings. The minimum atomic E-state index is -3.59. The van der Waals surface area contributed by atoms with Gasteiger partial charge in [0, 0.05) is 40.6 Å². The first kappa shape index (κ1) is 31.2. The van der Waals surface area contributed by atoms with Crippen molar-refractivity contribution in [1.82, 2.24) is 10.2 Å². The Bertz CT molecular complexity index is 1180. The minimum Gasteiger partial charge on any atom is -0.352 e. The summed E-state index contributed by atoms with van der Waals surface area (Å²) in [6, 6.07) is 10.7. The van der Waals surface area contributed by atoms with Crippen molar-refractivity contribution in [2.45, 2.75) is 65.1 Å². The number of benzene rings is 2. The van der Waals surface area contributed by atoms with E-state index in [-0.39, 0.29) is 43.8 Å². The molecule has 37 heavy (non-hydrogen) atoms. The molecule has 0 aromatic heterocycles. The number of carbonyl (C=O) groups excluding carboxylic acids is 2. The van der Waals surface area contributed by atoms with Crippen LogP contribution in [0.1, 0.15) is 52.0 Å². The van der Waals surface area contributed by atoms with Crippen LogP contribution in [0.5, 0.6) is 0 Å². The number of sulfonamides is 1. The van der Waals surface area contributed by atoms with Crippen molar-refractivity contribution in [3.63, 3.8) is 0 Å². The Morgan fingerprint density at radius 3 is 2.14 bits per heavy atom. The maximum absolute atomic E-state index is 13.5. The lowest BCUT2D eigenvalue weighted by atomic mass is 10.1. The van der Waals surface area contributed by atoms with Gasteiger partial charge in [-0.25, -0.2) is 8.42 Å². The largest absolute Gasteiger partial charge is 0.352 e. The first-order valence-electron chi connectivity index (χ1n) is 12.1. The number of hydrogen-bond donors (Lipinski definition) is 1. The zero-order valence-corrected chi connectivity index (χ0v) is 24.6. The third kappa shape index (κ3) is 9.36. The number of rotatable bonds is 13. The van der Waals surface area contributed by atoms with Gasteiger partial charge < -0.3 is 10.2 Å². The SMILES string of the molecule is CC[C@H](C(=O)N[C@@H](C)CC)N(Cc1ccc(Cl)cc1Cl)C(=O)CCCN(c1ccc(Cl)cc1)S(C)(=O)=O. The predicted molar refractivity (Wildman–Crippen MR) is 152 cm³/mol. The summed E-state index contributed by atoms with van der Waals surface area (Å²) in [6.07, 6.45) is 2.57. The number of anilines is 1. The van der Waals surface area contributed by atoms with E-state index in [1.807, 2.05) is 20.8 Å². The maximum Gasteiger partial charge on any atom is 0.243 e. The molecule has 2 aromatic carbocycles.